The molecule has 0 atom stereocenters. The third kappa shape index (κ3) is 2.34. The van der Waals surface area contributed by atoms with Gasteiger partial charge in [0.2, 0.25) is 0 Å². The number of aldehydes is 1. The lowest BCUT2D eigenvalue weighted by molar-refractivity contribution is 0.111. The molecule has 0 saturated carbocycles. The van der Waals surface area contributed by atoms with Crippen molar-refractivity contribution in [3.8, 4) is 11.1 Å². The van der Waals surface area contributed by atoms with Gasteiger partial charge in [-0.2, -0.15) is 0 Å². The molecule has 18 heavy (non-hydrogen) atoms. The SMILES string of the molecule is O=Cc1ncc(-c2ccc(Cl)c(Cl)c2Cl)cc1F. The van der Waals surface area contributed by atoms with Crippen LogP contribution in [0.25, 0.3) is 11.1 Å². The van der Waals surface area contributed by atoms with Crippen LogP contribution in [0.1, 0.15) is 10.5 Å². The van der Waals surface area contributed by atoms with Gasteiger partial charge in [0.1, 0.15) is 5.69 Å². The molecule has 92 valence electrons. The first-order chi connectivity index (χ1) is 8.54. The van der Waals surface area contributed by atoms with Gasteiger partial charge >= 0.3 is 0 Å². The van der Waals surface area contributed by atoms with Crippen molar-refractivity contribution in [1.82, 2.24) is 4.98 Å². The highest BCUT2D eigenvalue weighted by atomic mass is 35.5. The van der Waals surface area contributed by atoms with Crippen LogP contribution in [0.5, 0.6) is 0 Å². The van der Waals surface area contributed by atoms with E-state index >= 15 is 0 Å². The van der Waals surface area contributed by atoms with E-state index in [0.717, 1.165) is 0 Å². The first kappa shape index (κ1) is 13.3. The topological polar surface area (TPSA) is 30.0 Å². The zero-order chi connectivity index (χ0) is 13.3. The van der Waals surface area contributed by atoms with Crippen LogP contribution in [0.15, 0.2) is 24.4 Å². The maximum atomic E-state index is 13.5. The summed E-state index contributed by atoms with van der Waals surface area (Å²) >= 11 is 17.7. The van der Waals surface area contributed by atoms with Gasteiger partial charge in [-0.1, -0.05) is 40.9 Å². The van der Waals surface area contributed by atoms with Crippen molar-refractivity contribution in [3.63, 3.8) is 0 Å². The lowest BCUT2D eigenvalue weighted by Crippen LogP contribution is -1.94. The number of nitrogens with zero attached hydrogens (tertiary/aromatic N) is 1. The smallest absolute Gasteiger partial charge is 0.171 e. The minimum atomic E-state index is -0.718. The van der Waals surface area contributed by atoms with Crippen molar-refractivity contribution >= 4 is 41.1 Å². The number of pyridine rings is 1. The summed E-state index contributed by atoms with van der Waals surface area (Å²) in [6.45, 7) is 0. The minimum absolute atomic E-state index is 0.190. The van der Waals surface area contributed by atoms with Gasteiger partial charge in [-0.15, -0.1) is 0 Å². The highest BCUT2D eigenvalue weighted by Crippen LogP contribution is 2.37. The predicted octanol–water partition coefficient (Wildman–Crippen LogP) is 4.66. The number of hydrogen-bond acceptors (Lipinski definition) is 2. The lowest BCUT2D eigenvalue weighted by atomic mass is 10.1. The van der Waals surface area contributed by atoms with Crippen molar-refractivity contribution in [3.05, 3.63) is 51.0 Å². The average Bonchev–Trinajstić information content (AvgIpc) is 2.36. The Balaban J connectivity index is 2.59. The summed E-state index contributed by atoms with van der Waals surface area (Å²) in [5, 5.41) is 0.711. The van der Waals surface area contributed by atoms with E-state index in [1.165, 1.54) is 12.3 Å². The van der Waals surface area contributed by atoms with Crippen molar-refractivity contribution in [2.75, 3.05) is 0 Å². The summed E-state index contributed by atoms with van der Waals surface area (Å²) in [5.41, 5.74) is 0.659. The van der Waals surface area contributed by atoms with Crippen molar-refractivity contribution < 1.29 is 9.18 Å². The molecule has 0 spiro atoms. The van der Waals surface area contributed by atoms with Crippen LogP contribution in [0, 0.1) is 5.82 Å². The summed E-state index contributed by atoms with van der Waals surface area (Å²) in [7, 11) is 0. The summed E-state index contributed by atoms with van der Waals surface area (Å²) in [6, 6.07) is 4.33. The van der Waals surface area contributed by atoms with Crippen molar-refractivity contribution in [1.29, 1.82) is 0 Å². The molecule has 0 aliphatic heterocycles. The molecule has 2 nitrogen and oxygen atoms in total. The Labute approximate surface area is 117 Å². The fraction of sp³-hybridized carbons (Fsp3) is 0. The van der Waals surface area contributed by atoms with Crippen LogP contribution < -0.4 is 0 Å². The molecule has 2 rings (SSSR count). The van der Waals surface area contributed by atoms with E-state index in [1.807, 2.05) is 0 Å². The summed E-state index contributed by atoms with van der Waals surface area (Å²) in [5.74, 6) is -0.718. The molecule has 0 radical (unpaired) electrons. The number of carbonyl (C=O) groups is 1. The second-order valence-electron chi connectivity index (χ2n) is 3.43. The van der Waals surface area contributed by atoms with E-state index in [-0.39, 0.29) is 15.7 Å². The molecule has 0 aliphatic carbocycles. The number of rotatable bonds is 2. The Hall–Kier alpha value is -1.16. The molecular weight excluding hydrogens is 299 g/mol. The van der Waals surface area contributed by atoms with Crippen LogP contribution in [0.2, 0.25) is 15.1 Å². The standard InChI is InChI=1S/C12H5Cl3FNO/c13-8-2-1-7(11(14)12(8)15)6-3-9(16)10(5-18)17-4-6/h1-5H. The van der Waals surface area contributed by atoms with E-state index in [1.54, 1.807) is 12.1 Å². The van der Waals surface area contributed by atoms with Gasteiger partial charge in [0.15, 0.2) is 12.1 Å². The fourth-order valence-corrected chi connectivity index (χ4v) is 2.08. The van der Waals surface area contributed by atoms with Gasteiger partial charge < -0.3 is 0 Å². The van der Waals surface area contributed by atoms with Crippen molar-refractivity contribution in [2.24, 2.45) is 0 Å². The van der Waals surface area contributed by atoms with Crippen molar-refractivity contribution in [2.45, 2.75) is 0 Å². The highest BCUT2D eigenvalue weighted by Gasteiger charge is 2.12. The Morgan fingerprint density at radius 2 is 1.89 bits per heavy atom. The summed E-state index contributed by atoms with van der Waals surface area (Å²) in [4.78, 5) is 14.2. The highest BCUT2D eigenvalue weighted by molar-refractivity contribution is 6.49. The first-order valence-corrected chi connectivity index (χ1v) is 5.92. The molecule has 0 aliphatic rings. The third-order valence-electron chi connectivity index (χ3n) is 2.33. The summed E-state index contributed by atoms with van der Waals surface area (Å²) < 4.78 is 13.5. The minimum Gasteiger partial charge on any atom is -0.296 e. The van der Waals surface area contributed by atoms with E-state index in [0.29, 0.717) is 22.4 Å². The zero-order valence-corrected chi connectivity index (χ0v) is 11.0. The normalized spacial score (nSPS) is 10.4. The quantitative estimate of drug-likeness (QED) is 0.596. The largest absolute Gasteiger partial charge is 0.296 e. The first-order valence-electron chi connectivity index (χ1n) is 4.79. The Morgan fingerprint density at radius 3 is 2.50 bits per heavy atom. The fourth-order valence-electron chi connectivity index (χ4n) is 1.43. The monoisotopic (exact) mass is 303 g/mol. The Bertz CT molecular complexity index is 631. The Kier molecular flexibility index (Phi) is 3.85. The van der Waals surface area contributed by atoms with Gasteiger partial charge in [-0.3, -0.25) is 4.79 Å². The zero-order valence-electron chi connectivity index (χ0n) is 8.75. The molecule has 0 saturated heterocycles. The van der Waals surface area contributed by atoms with Gasteiger partial charge in [-0.25, -0.2) is 9.37 Å². The Morgan fingerprint density at radius 1 is 1.17 bits per heavy atom. The second-order valence-corrected chi connectivity index (χ2v) is 4.59. The molecule has 1 aromatic heterocycles. The van der Waals surface area contributed by atoms with Crippen LogP contribution in [-0.2, 0) is 0 Å². The molecule has 0 bridgehead atoms. The molecule has 1 aromatic carbocycles. The van der Waals surface area contributed by atoms with E-state index in [4.69, 9.17) is 34.8 Å². The molecule has 0 N–H and O–H groups in total. The van der Waals surface area contributed by atoms with Gasteiger partial charge in [0, 0.05) is 17.3 Å². The van der Waals surface area contributed by atoms with E-state index in [2.05, 4.69) is 4.98 Å². The maximum Gasteiger partial charge on any atom is 0.171 e. The molecule has 6 heteroatoms. The van der Waals surface area contributed by atoms with Gasteiger partial charge in [-0.05, 0) is 12.1 Å². The lowest BCUT2D eigenvalue weighted by Gasteiger charge is -2.07. The summed E-state index contributed by atoms with van der Waals surface area (Å²) in [6.07, 6.45) is 1.69. The van der Waals surface area contributed by atoms with Crippen LogP contribution in [-0.4, -0.2) is 11.3 Å². The van der Waals surface area contributed by atoms with Crippen LogP contribution in [0.3, 0.4) is 0 Å². The number of aromatic nitrogens is 1. The molecule has 1 heterocycles. The van der Waals surface area contributed by atoms with E-state index < -0.39 is 5.82 Å². The average molecular weight is 305 g/mol. The number of halogens is 4. The molecule has 0 unspecified atom stereocenters. The number of benzene rings is 1. The van der Waals surface area contributed by atoms with Crippen LogP contribution in [0.4, 0.5) is 4.39 Å². The number of carbonyl (C=O) groups excluding carboxylic acids is 1. The molecule has 0 amide bonds. The molecule has 0 fully saturated rings. The van der Waals surface area contributed by atoms with Gasteiger partial charge in [0.05, 0.1) is 15.1 Å². The molecule has 2 aromatic rings. The maximum absolute atomic E-state index is 13.5. The predicted molar refractivity (Wildman–Crippen MR) is 70.0 cm³/mol. The van der Waals surface area contributed by atoms with Gasteiger partial charge in [0.25, 0.3) is 0 Å². The second kappa shape index (κ2) is 5.22. The molecular formula is C12H5Cl3FNO. The van der Waals surface area contributed by atoms with Crippen LogP contribution >= 0.6 is 34.8 Å². The number of hydrogen-bond donors (Lipinski definition) is 0. The van der Waals surface area contributed by atoms with E-state index in [9.17, 15) is 9.18 Å². The third-order valence-corrected chi connectivity index (χ3v) is 3.62.